The van der Waals surface area contributed by atoms with Gasteiger partial charge in [-0.2, -0.15) is 9.91 Å². The van der Waals surface area contributed by atoms with E-state index < -0.39 is 0 Å². The summed E-state index contributed by atoms with van der Waals surface area (Å²) in [6.07, 6.45) is 3.40. The summed E-state index contributed by atoms with van der Waals surface area (Å²) < 4.78 is 0. The molecule has 0 amide bonds. The highest BCUT2D eigenvalue weighted by Gasteiger charge is 2.13. The molecule has 0 fully saturated rings. The maximum atomic E-state index is 4.41. The number of pyridine rings is 2. The largest absolute Gasteiger partial charge is 0.252 e. The lowest BCUT2D eigenvalue weighted by Gasteiger charge is -2.03. The van der Waals surface area contributed by atoms with Gasteiger partial charge in [0.25, 0.3) is 0 Å². The van der Waals surface area contributed by atoms with Crippen LogP contribution in [0.25, 0.3) is 22.6 Å². The molecule has 0 bridgehead atoms. The Hall–Kier alpha value is -3.36. The molecule has 1 aliphatic heterocycles. The summed E-state index contributed by atoms with van der Waals surface area (Å²) in [6.45, 7) is 1.88. The first-order valence-electron chi connectivity index (χ1n) is 7.35. The number of nitrogens with zero attached hydrogens (tertiary/aromatic N) is 9. The number of rotatable bonds is 3. The minimum atomic E-state index is -0.132. The van der Waals surface area contributed by atoms with Crippen molar-refractivity contribution in [2.75, 3.05) is 0 Å². The number of hydrogen-bond donors (Lipinski definition) is 0. The molecule has 1 unspecified atom stereocenters. The van der Waals surface area contributed by atoms with Gasteiger partial charge in [0.05, 0.1) is 7.05 Å². The van der Waals surface area contributed by atoms with Crippen molar-refractivity contribution < 1.29 is 0 Å². The van der Waals surface area contributed by atoms with E-state index in [9.17, 15) is 0 Å². The van der Waals surface area contributed by atoms with Gasteiger partial charge in [0.2, 0.25) is 5.82 Å². The van der Waals surface area contributed by atoms with E-state index in [1.54, 1.807) is 19.4 Å². The Bertz CT molecular complexity index is 922. The van der Waals surface area contributed by atoms with E-state index in [-0.39, 0.29) is 6.17 Å². The summed E-state index contributed by atoms with van der Waals surface area (Å²) in [5, 5.41) is 19.9. The maximum absolute atomic E-state index is 4.41. The molecular weight excluding hydrogens is 306 g/mol. The molecule has 1 aliphatic rings. The van der Waals surface area contributed by atoms with Gasteiger partial charge in [0, 0.05) is 23.5 Å². The predicted molar refractivity (Wildman–Crippen MR) is 86.1 cm³/mol. The third-order valence-corrected chi connectivity index (χ3v) is 3.46. The van der Waals surface area contributed by atoms with Gasteiger partial charge in [-0.1, -0.05) is 12.1 Å². The van der Waals surface area contributed by atoms with Crippen molar-refractivity contribution in [2.45, 2.75) is 13.1 Å². The minimum Gasteiger partial charge on any atom is -0.252 e. The molecule has 118 valence electrons. The summed E-state index contributed by atoms with van der Waals surface area (Å²) in [7, 11) is 1.72. The molecule has 0 aromatic carbocycles. The van der Waals surface area contributed by atoms with Crippen molar-refractivity contribution in [1.82, 2.24) is 30.2 Å². The highest BCUT2D eigenvalue weighted by Crippen LogP contribution is 2.21. The van der Waals surface area contributed by atoms with Crippen molar-refractivity contribution in [3.8, 4) is 22.6 Å². The van der Waals surface area contributed by atoms with E-state index >= 15 is 0 Å². The number of hydrogen-bond acceptors (Lipinski definition) is 8. The topological polar surface area (TPSA) is 106 Å². The van der Waals surface area contributed by atoms with Crippen LogP contribution in [0.2, 0.25) is 0 Å². The molecule has 0 spiro atoms. The summed E-state index contributed by atoms with van der Waals surface area (Å²) in [5.41, 5.74) is 3.28. The lowest BCUT2D eigenvalue weighted by Crippen LogP contribution is -1.99. The van der Waals surface area contributed by atoms with Crippen LogP contribution in [0.5, 0.6) is 0 Å². The van der Waals surface area contributed by atoms with E-state index in [0.29, 0.717) is 23.0 Å². The van der Waals surface area contributed by atoms with Gasteiger partial charge in [-0.25, -0.2) is 4.99 Å². The number of amidine groups is 1. The van der Waals surface area contributed by atoms with E-state index in [1.807, 2.05) is 31.2 Å². The molecule has 1 atom stereocenters. The number of aliphatic imine (C=N–C) groups is 1. The normalized spacial score (nSPS) is 16.4. The molecule has 0 aliphatic carbocycles. The SMILES string of the molecule is CC1N=NC(c2ccc(-c3ccc(-c4nnn(C)n4)nc3)cn2)=N1. The summed E-state index contributed by atoms with van der Waals surface area (Å²) >= 11 is 0. The van der Waals surface area contributed by atoms with Gasteiger partial charge in [0.15, 0.2) is 12.0 Å². The van der Waals surface area contributed by atoms with Gasteiger partial charge in [0.1, 0.15) is 11.4 Å². The quantitative estimate of drug-likeness (QED) is 0.732. The molecule has 24 heavy (non-hydrogen) atoms. The van der Waals surface area contributed by atoms with Gasteiger partial charge in [-0.15, -0.1) is 15.3 Å². The van der Waals surface area contributed by atoms with E-state index in [4.69, 9.17) is 0 Å². The van der Waals surface area contributed by atoms with Crippen molar-refractivity contribution in [2.24, 2.45) is 22.3 Å². The van der Waals surface area contributed by atoms with Crippen molar-refractivity contribution in [3.63, 3.8) is 0 Å². The zero-order valence-corrected chi connectivity index (χ0v) is 13.1. The molecular formula is C15H13N9. The predicted octanol–water partition coefficient (Wildman–Crippen LogP) is 1.89. The first-order valence-corrected chi connectivity index (χ1v) is 7.35. The van der Waals surface area contributed by atoms with Crippen LogP contribution < -0.4 is 0 Å². The fourth-order valence-electron chi connectivity index (χ4n) is 2.26. The van der Waals surface area contributed by atoms with Crippen LogP contribution in [-0.2, 0) is 7.05 Å². The monoisotopic (exact) mass is 319 g/mol. The average molecular weight is 319 g/mol. The summed E-state index contributed by atoms with van der Waals surface area (Å²) in [5.74, 6) is 1.06. The minimum absolute atomic E-state index is 0.132. The van der Waals surface area contributed by atoms with E-state index in [2.05, 4.69) is 40.6 Å². The van der Waals surface area contributed by atoms with Crippen LogP contribution in [0, 0.1) is 0 Å². The van der Waals surface area contributed by atoms with Crippen LogP contribution in [0.15, 0.2) is 51.9 Å². The molecule has 3 aromatic rings. The molecule has 4 rings (SSSR count). The van der Waals surface area contributed by atoms with E-state index in [1.165, 1.54) is 4.80 Å². The van der Waals surface area contributed by atoms with Crippen LogP contribution in [0.1, 0.15) is 12.6 Å². The molecule has 4 heterocycles. The first kappa shape index (κ1) is 14.2. The number of aromatic nitrogens is 6. The van der Waals surface area contributed by atoms with Crippen LogP contribution in [0.3, 0.4) is 0 Å². The zero-order valence-electron chi connectivity index (χ0n) is 13.1. The number of aryl methyl sites for hydroxylation is 1. The van der Waals surface area contributed by atoms with Gasteiger partial charge in [-0.05, 0) is 24.3 Å². The second-order valence-electron chi connectivity index (χ2n) is 5.27. The van der Waals surface area contributed by atoms with E-state index in [0.717, 1.165) is 11.1 Å². The Kier molecular flexibility index (Phi) is 3.38. The fraction of sp³-hybridized carbons (Fsp3) is 0.200. The Morgan fingerprint density at radius 2 is 1.67 bits per heavy atom. The van der Waals surface area contributed by atoms with Crippen molar-refractivity contribution in [1.29, 1.82) is 0 Å². The van der Waals surface area contributed by atoms with Crippen LogP contribution >= 0.6 is 0 Å². The second-order valence-corrected chi connectivity index (χ2v) is 5.27. The Balaban J connectivity index is 1.58. The molecule has 9 nitrogen and oxygen atoms in total. The Morgan fingerprint density at radius 3 is 2.17 bits per heavy atom. The highest BCUT2D eigenvalue weighted by molar-refractivity contribution is 5.98. The number of azo groups is 1. The molecule has 3 aromatic heterocycles. The maximum Gasteiger partial charge on any atom is 0.223 e. The van der Waals surface area contributed by atoms with Crippen molar-refractivity contribution >= 4 is 5.84 Å². The Labute approximate surface area is 137 Å². The van der Waals surface area contributed by atoms with Gasteiger partial charge >= 0.3 is 0 Å². The third kappa shape index (κ3) is 2.67. The summed E-state index contributed by atoms with van der Waals surface area (Å²) in [4.78, 5) is 14.5. The first-order chi connectivity index (χ1) is 11.7. The van der Waals surface area contributed by atoms with Crippen molar-refractivity contribution in [3.05, 3.63) is 42.4 Å². The lowest BCUT2D eigenvalue weighted by atomic mass is 10.1. The Morgan fingerprint density at radius 1 is 0.958 bits per heavy atom. The zero-order chi connectivity index (χ0) is 16.5. The fourth-order valence-corrected chi connectivity index (χ4v) is 2.26. The molecule has 0 radical (unpaired) electrons. The molecule has 0 saturated carbocycles. The average Bonchev–Trinajstić information content (AvgIpc) is 3.24. The van der Waals surface area contributed by atoms with Crippen LogP contribution in [-0.4, -0.2) is 42.2 Å². The smallest absolute Gasteiger partial charge is 0.223 e. The second kappa shape index (κ2) is 5.69. The van der Waals surface area contributed by atoms with Gasteiger partial charge < -0.3 is 0 Å². The van der Waals surface area contributed by atoms with Crippen LogP contribution in [0.4, 0.5) is 0 Å². The molecule has 9 heteroatoms. The lowest BCUT2D eigenvalue weighted by molar-refractivity contribution is 0.630. The third-order valence-electron chi connectivity index (χ3n) is 3.46. The molecule has 0 N–H and O–H groups in total. The molecule has 0 saturated heterocycles. The standard InChI is InChI=1S/C15H13N9/c1-9-18-14(20-19-9)12-5-3-10(7-16-12)11-4-6-13(17-8-11)15-21-23-24(2)22-15/h3-9H,1-2H3. The highest BCUT2D eigenvalue weighted by atomic mass is 15.6. The van der Waals surface area contributed by atoms with Gasteiger partial charge in [-0.3, -0.25) is 9.97 Å². The number of tetrazole rings is 1. The summed E-state index contributed by atoms with van der Waals surface area (Å²) in [6, 6.07) is 7.64.